The molecule has 2 saturated heterocycles. The minimum absolute atomic E-state index is 0.0221. The number of likely N-dealkylation sites (tertiary alicyclic amines) is 2. The molecule has 2 aliphatic heterocycles. The average Bonchev–Trinajstić information content (AvgIpc) is 2.74. The molecule has 0 bridgehead atoms. The number of nitrogens with zero attached hydrogens (tertiary/aromatic N) is 2. The lowest BCUT2D eigenvalue weighted by atomic mass is 9.62. The van der Waals surface area contributed by atoms with Gasteiger partial charge in [-0.3, -0.25) is 4.90 Å². The van der Waals surface area contributed by atoms with E-state index in [4.69, 9.17) is 11.6 Å². The van der Waals surface area contributed by atoms with E-state index in [1.165, 1.54) is 11.1 Å². The number of halogens is 1. The smallest absolute Gasteiger partial charge is 0.321 e. The van der Waals surface area contributed by atoms with Crippen LogP contribution in [0.4, 0.5) is 10.5 Å². The second kappa shape index (κ2) is 8.60. The van der Waals surface area contributed by atoms with E-state index in [0.717, 1.165) is 49.6 Å². The number of hydrogen-bond acceptors (Lipinski definition) is 2. The first kappa shape index (κ1) is 21.2. The Morgan fingerprint density at radius 3 is 2.43 bits per heavy atom. The van der Waals surface area contributed by atoms with E-state index < -0.39 is 0 Å². The van der Waals surface area contributed by atoms with Crippen molar-refractivity contribution in [3.8, 4) is 0 Å². The number of anilines is 1. The Balaban J connectivity index is 1.44. The van der Waals surface area contributed by atoms with E-state index in [1.54, 1.807) is 0 Å². The molecular weight excluding hydrogens is 394 g/mol. The second-order valence-corrected chi connectivity index (χ2v) is 9.45. The molecule has 2 fully saturated rings. The van der Waals surface area contributed by atoms with E-state index in [2.05, 4.69) is 49.2 Å². The van der Waals surface area contributed by atoms with Gasteiger partial charge < -0.3 is 10.2 Å². The van der Waals surface area contributed by atoms with Crippen LogP contribution in [0.5, 0.6) is 0 Å². The van der Waals surface area contributed by atoms with Crippen molar-refractivity contribution in [2.45, 2.75) is 52.1 Å². The van der Waals surface area contributed by atoms with Gasteiger partial charge in [-0.25, -0.2) is 4.79 Å². The average molecular weight is 426 g/mol. The molecule has 4 rings (SSSR count). The zero-order valence-corrected chi connectivity index (χ0v) is 19.0. The Morgan fingerprint density at radius 2 is 1.80 bits per heavy atom. The fourth-order valence-corrected chi connectivity index (χ4v) is 5.31. The molecule has 0 saturated carbocycles. The number of urea groups is 1. The lowest BCUT2D eigenvalue weighted by Gasteiger charge is -2.62. The van der Waals surface area contributed by atoms with Gasteiger partial charge in [0, 0.05) is 47.8 Å². The van der Waals surface area contributed by atoms with Crippen LogP contribution in [0.25, 0.3) is 0 Å². The van der Waals surface area contributed by atoms with Gasteiger partial charge in [0.2, 0.25) is 0 Å². The predicted octanol–water partition coefficient (Wildman–Crippen LogP) is 5.98. The molecule has 1 atom stereocenters. The molecule has 5 heteroatoms. The molecule has 1 unspecified atom stereocenters. The summed E-state index contributed by atoms with van der Waals surface area (Å²) in [6.45, 7) is 9.36. The zero-order chi connectivity index (χ0) is 21.3. The minimum Gasteiger partial charge on any atom is -0.324 e. The molecule has 1 spiro atoms. The van der Waals surface area contributed by atoms with Crippen LogP contribution in [0.2, 0.25) is 5.02 Å². The van der Waals surface area contributed by atoms with Crippen molar-refractivity contribution in [2.24, 2.45) is 5.41 Å². The first-order valence-electron chi connectivity index (χ1n) is 11.1. The van der Waals surface area contributed by atoms with E-state index in [1.807, 2.05) is 35.2 Å². The van der Waals surface area contributed by atoms with Crippen LogP contribution < -0.4 is 5.32 Å². The molecule has 0 radical (unpaired) electrons. The predicted molar refractivity (Wildman–Crippen MR) is 124 cm³/mol. The summed E-state index contributed by atoms with van der Waals surface area (Å²) in [5.74, 6) is 0. The summed E-state index contributed by atoms with van der Waals surface area (Å²) in [5, 5.41) is 3.91. The number of carbonyl (C=O) groups excluding carboxylic acids is 1. The highest BCUT2D eigenvalue weighted by atomic mass is 35.5. The maximum absolute atomic E-state index is 12.9. The van der Waals surface area contributed by atoms with Crippen LogP contribution in [0.1, 0.15) is 50.8 Å². The van der Waals surface area contributed by atoms with Gasteiger partial charge in [0.15, 0.2) is 0 Å². The van der Waals surface area contributed by atoms with Crippen molar-refractivity contribution < 1.29 is 4.79 Å². The number of piperidine rings is 1. The van der Waals surface area contributed by atoms with Crippen molar-refractivity contribution in [3.63, 3.8) is 0 Å². The minimum atomic E-state index is 0.0221. The van der Waals surface area contributed by atoms with Gasteiger partial charge in [0.05, 0.1) is 0 Å². The van der Waals surface area contributed by atoms with Crippen molar-refractivity contribution in [3.05, 3.63) is 64.7 Å². The molecule has 0 aromatic heterocycles. The lowest BCUT2D eigenvalue weighted by Crippen LogP contribution is -2.64. The quantitative estimate of drug-likeness (QED) is 0.653. The summed E-state index contributed by atoms with van der Waals surface area (Å²) < 4.78 is 0. The van der Waals surface area contributed by atoms with Crippen LogP contribution in [0.15, 0.2) is 48.5 Å². The highest BCUT2D eigenvalue weighted by molar-refractivity contribution is 6.30. The molecule has 2 amide bonds. The monoisotopic (exact) mass is 425 g/mol. The first-order chi connectivity index (χ1) is 14.4. The van der Waals surface area contributed by atoms with Crippen LogP contribution in [0.3, 0.4) is 0 Å². The van der Waals surface area contributed by atoms with Gasteiger partial charge in [0.25, 0.3) is 0 Å². The summed E-state index contributed by atoms with van der Waals surface area (Å²) in [6.07, 6.45) is 2.98. The Bertz CT molecular complexity index is 888. The van der Waals surface area contributed by atoms with Gasteiger partial charge in [-0.05, 0) is 62.4 Å². The van der Waals surface area contributed by atoms with Crippen molar-refractivity contribution in [1.82, 2.24) is 9.80 Å². The number of nitrogens with one attached hydrogen (secondary N) is 1. The number of aryl methyl sites for hydroxylation is 1. The normalized spacial score (nSPS) is 21.0. The molecule has 2 heterocycles. The van der Waals surface area contributed by atoms with E-state index >= 15 is 0 Å². The van der Waals surface area contributed by atoms with Gasteiger partial charge in [-0.15, -0.1) is 0 Å². The highest BCUT2D eigenvalue weighted by Gasteiger charge is 2.54. The number of hydrogen-bond donors (Lipinski definition) is 1. The molecular formula is C25H32ClN3O. The number of rotatable bonds is 4. The first-order valence-corrected chi connectivity index (χ1v) is 11.5. The molecule has 2 aromatic carbocycles. The lowest BCUT2D eigenvalue weighted by molar-refractivity contribution is -0.123. The van der Waals surface area contributed by atoms with E-state index in [-0.39, 0.29) is 11.4 Å². The highest BCUT2D eigenvalue weighted by Crippen LogP contribution is 2.55. The van der Waals surface area contributed by atoms with Gasteiger partial charge in [-0.1, -0.05) is 48.9 Å². The number of benzene rings is 2. The van der Waals surface area contributed by atoms with Crippen LogP contribution >= 0.6 is 11.6 Å². The number of para-hydroxylation sites is 1. The maximum atomic E-state index is 12.9. The molecule has 2 aromatic rings. The largest absolute Gasteiger partial charge is 0.324 e. The van der Waals surface area contributed by atoms with Crippen LogP contribution in [-0.2, 0) is 6.42 Å². The van der Waals surface area contributed by atoms with E-state index in [9.17, 15) is 4.79 Å². The Hall–Kier alpha value is -2.04. The fraction of sp³-hybridized carbons (Fsp3) is 0.480. The molecule has 2 aliphatic rings. The Morgan fingerprint density at radius 1 is 1.13 bits per heavy atom. The molecule has 0 aliphatic carbocycles. The third kappa shape index (κ3) is 3.95. The van der Waals surface area contributed by atoms with Crippen molar-refractivity contribution >= 4 is 23.3 Å². The summed E-state index contributed by atoms with van der Waals surface area (Å²) in [6, 6.07) is 17.3. The van der Waals surface area contributed by atoms with Crippen LogP contribution in [-0.4, -0.2) is 41.5 Å². The number of amides is 2. The Labute approximate surface area is 185 Å². The third-order valence-corrected chi connectivity index (χ3v) is 7.20. The van der Waals surface area contributed by atoms with E-state index in [0.29, 0.717) is 12.1 Å². The van der Waals surface area contributed by atoms with Gasteiger partial charge in [0.1, 0.15) is 0 Å². The molecule has 160 valence electrons. The van der Waals surface area contributed by atoms with Crippen molar-refractivity contribution in [2.75, 3.05) is 25.0 Å². The van der Waals surface area contributed by atoms with Gasteiger partial charge >= 0.3 is 6.03 Å². The second-order valence-electron chi connectivity index (χ2n) is 9.01. The SMILES string of the molecule is CCc1ccccc1NC(=O)N1CCC2(CC1)CN(C(C)C)C2c1ccc(Cl)cc1. The van der Waals surface area contributed by atoms with Crippen molar-refractivity contribution in [1.29, 1.82) is 0 Å². The standard InChI is InChI=1S/C25H32ClN3O/c1-4-19-7-5-6-8-22(19)27-24(30)28-15-13-25(14-16-28)17-29(18(2)3)23(25)20-9-11-21(26)12-10-20/h5-12,18,23H,4,13-17H2,1-3H3,(H,27,30). The summed E-state index contributed by atoms with van der Waals surface area (Å²) in [4.78, 5) is 17.5. The molecule has 1 N–H and O–H groups in total. The van der Waals surface area contributed by atoms with Gasteiger partial charge in [-0.2, -0.15) is 0 Å². The maximum Gasteiger partial charge on any atom is 0.321 e. The molecule has 30 heavy (non-hydrogen) atoms. The summed E-state index contributed by atoms with van der Waals surface area (Å²) in [5.41, 5.74) is 3.69. The number of carbonyl (C=O) groups is 1. The Kier molecular flexibility index (Phi) is 6.08. The zero-order valence-electron chi connectivity index (χ0n) is 18.2. The fourth-order valence-electron chi connectivity index (χ4n) is 5.18. The summed E-state index contributed by atoms with van der Waals surface area (Å²) in [7, 11) is 0. The third-order valence-electron chi connectivity index (χ3n) is 6.94. The molecule has 4 nitrogen and oxygen atoms in total. The van der Waals surface area contributed by atoms with Crippen LogP contribution in [0, 0.1) is 5.41 Å². The summed E-state index contributed by atoms with van der Waals surface area (Å²) >= 11 is 6.13. The topological polar surface area (TPSA) is 35.6 Å².